The normalized spacial score (nSPS) is 18.0. The Hall–Kier alpha value is -3.20. The number of fused-ring (bicyclic) bond motifs is 1. The third-order valence-corrected chi connectivity index (χ3v) is 6.80. The van der Waals surface area contributed by atoms with Crippen LogP contribution in [0.2, 0.25) is 0 Å². The molecule has 1 aromatic carbocycles. The van der Waals surface area contributed by atoms with Crippen molar-refractivity contribution in [2.75, 3.05) is 26.4 Å². The summed E-state index contributed by atoms with van der Waals surface area (Å²) >= 11 is 0. The number of nitrogens with zero attached hydrogens (tertiary/aromatic N) is 2. The van der Waals surface area contributed by atoms with Crippen molar-refractivity contribution in [3.8, 4) is 0 Å². The van der Waals surface area contributed by atoms with Crippen molar-refractivity contribution < 1.29 is 23.9 Å². The van der Waals surface area contributed by atoms with Crippen LogP contribution >= 0.6 is 0 Å². The van der Waals surface area contributed by atoms with Crippen molar-refractivity contribution in [1.29, 1.82) is 0 Å². The fourth-order valence-corrected chi connectivity index (χ4v) is 4.82. The van der Waals surface area contributed by atoms with E-state index in [1.807, 2.05) is 13.8 Å². The number of esters is 1. The van der Waals surface area contributed by atoms with E-state index in [9.17, 15) is 14.4 Å². The molecule has 3 N–H and O–H groups in total. The molecule has 34 heavy (non-hydrogen) atoms. The number of nitrogens with one attached hydrogen (secondary N) is 1. The van der Waals surface area contributed by atoms with E-state index in [-0.39, 0.29) is 35.0 Å². The second kappa shape index (κ2) is 9.97. The van der Waals surface area contributed by atoms with Gasteiger partial charge in [0.25, 0.3) is 5.91 Å². The topological polar surface area (TPSA) is 126 Å². The van der Waals surface area contributed by atoms with E-state index >= 15 is 0 Å². The number of carbonyl (C=O) groups excluding carboxylic acids is 3. The Morgan fingerprint density at radius 3 is 2.74 bits per heavy atom. The minimum absolute atomic E-state index is 0.00969. The molecule has 9 nitrogen and oxygen atoms in total. The first kappa shape index (κ1) is 23.9. The SMILES string of the molecule is CCn1nc(C[C@@H](C)COC(=O)c2cccc(C(N)=O)c2)c2c1C(=O)NCC1(CCOCC1)C2. The maximum atomic E-state index is 13.0. The fourth-order valence-electron chi connectivity index (χ4n) is 4.82. The lowest BCUT2D eigenvalue weighted by atomic mass is 9.75. The van der Waals surface area contributed by atoms with E-state index in [1.165, 1.54) is 6.07 Å². The summed E-state index contributed by atoms with van der Waals surface area (Å²) in [6, 6.07) is 6.18. The van der Waals surface area contributed by atoms with Crippen LogP contribution in [0.5, 0.6) is 0 Å². The number of ether oxygens (including phenoxy) is 2. The molecule has 9 heteroatoms. The minimum atomic E-state index is -0.596. The molecule has 182 valence electrons. The standard InChI is InChI=1S/C25H32N4O5/c1-3-29-21-19(13-25(15-27-23(21)31)7-9-33-10-8-25)20(28-29)11-16(2)14-34-24(32)18-6-4-5-17(12-18)22(26)30/h4-6,12,16H,3,7-11,13-15H2,1-2H3,(H2,26,30)(H,27,31)/t16-/m1/s1. The highest BCUT2D eigenvalue weighted by atomic mass is 16.5. The molecule has 3 heterocycles. The van der Waals surface area contributed by atoms with Gasteiger partial charge in [0.05, 0.1) is 17.9 Å². The number of aryl methyl sites for hydroxylation is 1. The molecule has 2 amide bonds. The monoisotopic (exact) mass is 468 g/mol. The number of aromatic nitrogens is 2. The number of carbonyl (C=O) groups is 3. The Labute approximate surface area is 199 Å². The van der Waals surface area contributed by atoms with Crippen LogP contribution in [0.25, 0.3) is 0 Å². The van der Waals surface area contributed by atoms with Crippen molar-refractivity contribution in [3.63, 3.8) is 0 Å². The molecule has 0 unspecified atom stereocenters. The van der Waals surface area contributed by atoms with Crippen LogP contribution in [0.1, 0.15) is 69.2 Å². The van der Waals surface area contributed by atoms with E-state index in [4.69, 9.17) is 20.3 Å². The molecule has 2 aliphatic rings. The number of nitrogens with two attached hydrogens (primary N) is 1. The predicted octanol–water partition coefficient (Wildman–Crippen LogP) is 2.12. The van der Waals surface area contributed by atoms with Gasteiger partial charge in [-0.3, -0.25) is 14.3 Å². The molecule has 1 aromatic heterocycles. The zero-order valence-corrected chi connectivity index (χ0v) is 19.8. The van der Waals surface area contributed by atoms with Crippen LogP contribution in [0, 0.1) is 11.3 Å². The van der Waals surface area contributed by atoms with Gasteiger partial charge in [0.1, 0.15) is 5.69 Å². The van der Waals surface area contributed by atoms with Crippen LogP contribution in [0.3, 0.4) is 0 Å². The summed E-state index contributed by atoms with van der Waals surface area (Å²) in [6.07, 6.45) is 3.18. The van der Waals surface area contributed by atoms with Gasteiger partial charge in [0.2, 0.25) is 5.91 Å². The summed E-state index contributed by atoms with van der Waals surface area (Å²) in [5.74, 6) is -1.19. The lowest BCUT2D eigenvalue weighted by Crippen LogP contribution is -2.40. The zero-order valence-electron chi connectivity index (χ0n) is 19.8. The van der Waals surface area contributed by atoms with Crippen molar-refractivity contribution >= 4 is 17.8 Å². The molecule has 2 aromatic rings. The Kier molecular flexibility index (Phi) is 7.02. The molecule has 0 bridgehead atoms. The van der Waals surface area contributed by atoms with Crippen LogP contribution in [-0.2, 0) is 28.9 Å². The molecule has 1 saturated heterocycles. The van der Waals surface area contributed by atoms with Gasteiger partial charge >= 0.3 is 5.97 Å². The number of hydrogen-bond donors (Lipinski definition) is 2. The van der Waals surface area contributed by atoms with E-state index in [2.05, 4.69) is 5.32 Å². The van der Waals surface area contributed by atoms with Crippen LogP contribution < -0.4 is 11.1 Å². The van der Waals surface area contributed by atoms with Gasteiger partial charge in [-0.25, -0.2) is 4.79 Å². The van der Waals surface area contributed by atoms with E-state index < -0.39 is 11.9 Å². The van der Waals surface area contributed by atoms with Crippen LogP contribution in [0.4, 0.5) is 0 Å². The predicted molar refractivity (Wildman–Crippen MR) is 125 cm³/mol. The number of rotatable bonds is 7. The average molecular weight is 469 g/mol. The third kappa shape index (κ3) is 4.99. The first-order valence-corrected chi connectivity index (χ1v) is 11.8. The minimum Gasteiger partial charge on any atom is -0.462 e. The molecule has 0 saturated carbocycles. The molecule has 0 radical (unpaired) electrons. The van der Waals surface area contributed by atoms with Crippen LogP contribution in [0.15, 0.2) is 24.3 Å². The van der Waals surface area contributed by atoms with E-state index in [1.54, 1.807) is 22.9 Å². The van der Waals surface area contributed by atoms with E-state index in [0.717, 1.165) is 30.5 Å². The first-order valence-electron chi connectivity index (χ1n) is 11.8. The van der Waals surface area contributed by atoms with Gasteiger partial charge in [-0.2, -0.15) is 5.10 Å². The Bertz CT molecular complexity index is 1090. The van der Waals surface area contributed by atoms with Gasteiger partial charge < -0.3 is 20.5 Å². The largest absolute Gasteiger partial charge is 0.462 e. The maximum Gasteiger partial charge on any atom is 0.338 e. The van der Waals surface area contributed by atoms with Crippen molar-refractivity contribution in [2.45, 2.75) is 46.1 Å². The van der Waals surface area contributed by atoms with E-state index in [0.29, 0.717) is 38.4 Å². The summed E-state index contributed by atoms with van der Waals surface area (Å²) in [4.78, 5) is 36.8. The fraction of sp³-hybridized carbons (Fsp3) is 0.520. The molecule has 2 aliphatic heterocycles. The summed E-state index contributed by atoms with van der Waals surface area (Å²) in [5.41, 5.74) is 8.36. The quantitative estimate of drug-likeness (QED) is 0.600. The smallest absolute Gasteiger partial charge is 0.338 e. The maximum absolute atomic E-state index is 13.0. The van der Waals surface area contributed by atoms with Gasteiger partial charge in [-0.15, -0.1) is 0 Å². The first-order chi connectivity index (χ1) is 16.3. The highest BCUT2D eigenvalue weighted by Crippen LogP contribution is 2.38. The molecule has 1 fully saturated rings. The van der Waals surface area contributed by atoms with Crippen molar-refractivity contribution in [3.05, 3.63) is 52.3 Å². The number of benzene rings is 1. The lowest BCUT2D eigenvalue weighted by molar-refractivity contribution is 0.0160. The summed E-state index contributed by atoms with van der Waals surface area (Å²) in [7, 11) is 0. The Morgan fingerprint density at radius 1 is 1.29 bits per heavy atom. The molecule has 0 aliphatic carbocycles. The number of amides is 2. The molecule has 4 rings (SSSR count). The van der Waals surface area contributed by atoms with Crippen molar-refractivity contribution in [1.82, 2.24) is 15.1 Å². The number of primary amides is 1. The summed E-state index contributed by atoms with van der Waals surface area (Å²) in [5, 5.41) is 7.89. The van der Waals surface area contributed by atoms with Gasteiger partial charge in [0, 0.05) is 37.4 Å². The molecular weight excluding hydrogens is 436 g/mol. The average Bonchev–Trinajstić information content (AvgIpc) is 3.11. The second-order valence-electron chi connectivity index (χ2n) is 9.41. The molecule has 1 atom stereocenters. The Balaban J connectivity index is 1.48. The highest BCUT2D eigenvalue weighted by molar-refractivity contribution is 5.97. The van der Waals surface area contributed by atoms with Crippen molar-refractivity contribution in [2.24, 2.45) is 17.1 Å². The zero-order chi connectivity index (χ0) is 24.3. The lowest BCUT2D eigenvalue weighted by Gasteiger charge is -2.36. The molecule has 1 spiro atoms. The van der Waals surface area contributed by atoms with Gasteiger partial charge in [0.15, 0.2) is 0 Å². The molecular formula is C25H32N4O5. The van der Waals surface area contributed by atoms with Gasteiger partial charge in [-0.05, 0) is 62.1 Å². The third-order valence-electron chi connectivity index (χ3n) is 6.80. The Morgan fingerprint density at radius 2 is 2.03 bits per heavy atom. The number of hydrogen-bond acceptors (Lipinski definition) is 6. The summed E-state index contributed by atoms with van der Waals surface area (Å²) in [6.45, 7) is 6.81. The van der Waals surface area contributed by atoms with Gasteiger partial charge in [-0.1, -0.05) is 13.0 Å². The second-order valence-corrected chi connectivity index (χ2v) is 9.41. The van der Waals surface area contributed by atoms with Crippen LogP contribution in [-0.4, -0.2) is 53.9 Å². The highest BCUT2D eigenvalue weighted by Gasteiger charge is 2.39. The summed E-state index contributed by atoms with van der Waals surface area (Å²) < 4.78 is 12.9.